The molecule has 1 aromatic heterocycles. The highest BCUT2D eigenvalue weighted by molar-refractivity contribution is 5.42. The maximum absolute atomic E-state index is 5.15. The highest BCUT2D eigenvalue weighted by atomic mass is 16.5. The predicted octanol–water partition coefficient (Wildman–Crippen LogP) is 2.18. The van der Waals surface area contributed by atoms with Gasteiger partial charge in [-0.3, -0.25) is 0 Å². The molecule has 0 unspecified atom stereocenters. The summed E-state index contributed by atoms with van der Waals surface area (Å²) >= 11 is 0. The third kappa shape index (κ3) is 3.48. The minimum absolute atomic E-state index is 0.626. The number of hydrogen-bond donors (Lipinski definition) is 1. The summed E-state index contributed by atoms with van der Waals surface area (Å²) in [6, 6.07) is 10.1. The number of hydrogen-bond acceptors (Lipinski definition) is 5. The number of benzene rings is 1. The lowest BCUT2D eigenvalue weighted by molar-refractivity contribution is 0.376. The Morgan fingerprint density at radius 1 is 1.22 bits per heavy atom. The summed E-state index contributed by atoms with van der Waals surface area (Å²) in [5, 5.41) is 7.22. The van der Waals surface area contributed by atoms with Crippen LogP contribution in [0.2, 0.25) is 0 Å². The maximum Gasteiger partial charge on any atom is 0.265 e. The predicted molar refractivity (Wildman–Crippen MR) is 71.9 cm³/mol. The van der Waals surface area contributed by atoms with Gasteiger partial charge >= 0.3 is 0 Å². The van der Waals surface area contributed by atoms with Gasteiger partial charge in [-0.25, -0.2) is 0 Å². The van der Waals surface area contributed by atoms with Crippen molar-refractivity contribution >= 4 is 11.6 Å². The zero-order valence-corrected chi connectivity index (χ0v) is 10.8. The zero-order chi connectivity index (χ0) is 12.8. The Kier molecular flexibility index (Phi) is 4.17. The first-order valence-corrected chi connectivity index (χ1v) is 6.04. The van der Waals surface area contributed by atoms with Crippen LogP contribution in [0.5, 0.6) is 0 Å². The summed E-state index contributed by atoms with van der Waals surface area (Å²) in [5.74, 6) is 1.31. The van der Waals surface area contributed by atoms with Gasteiger partial charge in [0.15, 0.2) is 0 Å². The van der Waals surface area contributed by atoms with Gasteiger partial charge in [0.2, 0.25) is 5.89 Å². The van der Waals surface area contributed by atoms with Gasteiger partial charge in [-0.05, 0) is 23.7 Å². The van der Waals surface area contributed by atoms with Crippen LogP contribution >= 0.6 is 0 Å². The van der Waals surface area contributed by atoms with Crippen molar-refractivity contribution in [3.63, 3.8) is 0 Å². The molecule has 1 heterocycles. The van der Waals surface area contributed by atoms with Crippen LogP contribution in [0, 0.1) is 0 Å². The minimum atomic E-state index is 0.626. The summed E-state index contributed by atoms with van der Waals surface area (Å²) in [6.07, 6.45) is 1.75. The molecule has 5 nitrogen and oxygen atoms in total. The topological polar surface area (TPSA) is 54.2 Å². The Morgan fingerprint density at radius 3 is 2.67 bits per heavy atom. The molecule has 5 heteroatoms. The molecule has 0 saturated heterocycles. The van der Waals surface area contributed by atoms with Crippen molar-refractivity contribution in [3.05, 3.63) is 36.2 Å². The Labute approximate surface area is 107 Å². The Balaban J connectivity index is 1.72. The molecular formula is C13H18N4O. The second-order valence-electron chi connectivity index (χ2n) is 4.28. The average Bonchev–Trinajstić information content (AvgIpc) is 2.85. The van der Waals surface area contributed by atoms with E-state index < -0.39 is 0 Å². The molecule has 0 bridgehead atoms. The lowest BCUT2D eigenvalue weighted by Gasteiger charge is -2.04. The highest BCUT2D eigenvalue weighted by Gasteiger charge is 2.06. The lowest BCUT2D eigenvalue weighted by atomic mass is 10.3. The fourth-order valence-corrected chi connectivity index (χ4v) is 1.56. The molecule has 0 saturated carbocycles. The van der Waals surface area contributed by atoms with Gasteiger partial charge in [0, 0.05) is 32.7 Å². The molecule has 0 aliphatic heterocycles. The molecule has 96 valence electrons. The van der Waals surface area contributed by atoms with E-state index in [0.717, 1.165) is 25.1 Å². The molecule has 2 aromatic rings. The summed E-state index contributed by atoms with van der Waals surface area (Å²) < 4.78 is 5.15. The van der Waals surface area contributed by atoms with Gasteiger partial charge in [-0.15, -0.1) is 0 Å². The largest absolute Gasteiger partial charge is 0.385 e. The van der Waals surface area contributed by atoms with Gasteiger partial charge in [0.1, 0.15) is 0 Å². The molecule has 2 rings (SSSR count). The first-order chi connectivity index (χ1) is 8.75. The number of anilines is 2. The van der Waals surface area contributed by atoms with Crippen molar-refractivity contribution in [2.75, 3.05) is 30.9 Å². The second-order valence-corrected chi connectivity index (χ2v) is 4.28. The lowest BCUT2D eigenvalue weighted by Crippen LogP contribution is -2.10. The van der Waals surface area contributed by atoms with Crippen molar-refractivity contribution in [1.29, 1.82) is 0 Å². The summed E-state index contributed by atoms with van der Waals surface area (Å²) in [4.78, 5) is 6.10. The van der Waals surface area contributed by atoms with E-state index in [0.29, 0.717) is 11.8 Å². The Bertz CT molecular complexity index is 467. The second kappa shape index (κ2) is 6.05. The fraction of sp³-hybridized carbons (Fsp3) is 0.385. The number of rotatable bonds is 6. The normalized spacial score (nSPS) is 10.3. The van der Waals surface area contributed by atoms with Crippen LogP contribution in [0.3, 0.4) is 0 Å². The van der Waals surface area contributed by atoms with E-state index in [2.05, 4.69) is 27.6 Å². The highest BCUT2D eigenvalue weighted by Crippen LogP contribution is 2.08. The standard InChI is InChI=1S/C13H18N4O/c1-17(2)13-15-12(18-16-13)9-6-10-14-11-7-4-3-5-8-11/h3-5,7-8,14H,6,9-10H2,1-2H3. The van der Waals surface area contributed by atoms with Crippen LogP contribution in [-0.2, 0) is 6.42 Å². The molecule has 0 amide bonds. The van der Waals surface area contributed by atoms with Crippen LogP contribution < -0.4 is 10.2 Å². The van der Waals surface area contributed by atoms with Crippen LogP contribution in [-0.4, -0.2) is 30.8 Å². The van der Waals surface area contributed by atoms with Crippen LogP contribution in [0.25, 0.3) is 0 Å². The molecule has 0 fully saturated rings. The van der Waals surface area contributed by atoms with Crippen molar-refractivity contribution in [3.8, 4) is 0 Å². The van der Waals surface area contributed by atoms with Crippen molar-refractivity contribution in [2.45, 2.75) is 12.8 Å². The molecule has 0 aliphatic carbocycles. The van der Waals surface area contributed by atoms with Gasteiger partial charge in [0.05, 0.1) is 0 Å². The van der Waals surface area contributed by atoms with Crippen LogP contribution in [0.15, 0.2) is 34.9 Å². The number of aromatic nitrogens is 2. The molecule has 18 heavy (non-hydrogen) atoms. The van der Waals surface area contributed by atoms with E-state index in [9.17, 15) is 0 Å². The maximum atomic E-state index is 5.15. The van der Waals surface area contributed by atoms with Gasteiger partial charge in [-0.1, -0.05) is 18.2 Å². The average molecular weight is 246 g/mol. The monoisotopic (exact) mass is 246 g/mol. The van der Waals surface area contributed by atoms with E-state index in [1.165, 1.54) is 0 Å². The quantitative estimate of drug-likeness (QED) is 0.792. The zero-order valence-electron chi connectivity index (χ0n) is 10.8. The number of para-hydroxylation sites is 1. The van der Waals surface area contributed by atoms with E-state index >= 15 is 0 Å². The smallest absolute Gasteiger partial charge is 0.265 e. The van der Waals surface area contributed by atoms with Crippen molar-refractivity contribution < 1.29 is 4.52 Å². The minimum Gasteiger partial charge on any atom is -0.385 e. The van der Waals surface area contributed by atoms with Crippen LogP contribution in [0.4, 0.5) is 11.6 Å². The summed E-state index contributed by atoms with van der Waals surface area (Å²) in [7, 11) is 3.79. The summed E-state index contributed by atoms with van der Waals surface area (Å²) in [6.45, 7) is 0.893. The van der Waals surface area contributed by atoms with Crippen molar-refractivity contribution in [2.24, 2.45) is 0 Å². The molecule has 0 atom stereocenters. The van der Waals surface area contributed by atoms with Crippen LogP contribution in [0.1, 0.15) is 12.3 Å². The summed E-state index contributed by atoms with van der Waals surface area (Å²) in [5.41, 5.74) is 1.14. The molecule has 1 aromatic carbocycles. The van der Waals surface area contributed by atoms with E-state index in [4.69, 9.17) is 4.52 Å². The van der Waals surface area contributed by atoms with Gasteiger partial charge in [-0.2, -0.15) is 4.98 Å². The number of nitrogens with zero attached hydrogens (tertiary/aromatic N) is 3. The third-order valence-electron chi connectivity index (χ3n) is 2.53. The van der Waals surface area contributed by atoms with Crippen molar-refractivity contribution in [1.82, 2.24) is 10.1 Å². The SMILES string of the molecule is CN(C)c1noc(CCCNc2ccccc2)n1. The van der Waals surface area contributed by atoms with Gasteiger partial charge in [0.25, 0.3) is 5.95 Å². The van der Waals surface area contributed by atoms with E-state index in [-0.39, 0.29) is 0 Å². The Morgan fingerprint density at radius 2 is 2.00 bits per heavy atom. The Hall–Kier alpha value is -2.04. The van der Waals surface area contributed by atoms with Gasteiger partial charge < -0.3 is 14.7 Å². The molecule has 0 spiro atoms. The number of nitrogens with one attached hydrogen (secondary N) is 1. The third-order valence-corrected chi connectivity index (χ3v) is 2.53. The fourth-order valence-electron chi connectivity index (χ4n) is 1.56. The van der Waals surface area contributed by atoms with E-state index in [1.54, 1.807) is 0 Å². The van der Waals surface area contributed by atoms with E-state index in [1.807, 2.05) is 37.2 Å². The molecule has 0 aliphatic rings. The number of aryl methyl sites for hydroxylation is 1. The molecule has 0 radical (unpaired) electrons. The first kappa shape index (κ1) is 12.4. The first-order valence-electron chi connectivity index (χ1n) is 6.04. The molecular weight excluding hydrogens is 228 g/mol. The molecule has 1 N–H and O–H groups in total.